The molecule has 2 bridgehead atoms. The second-order valence-electron chi connectivity index (χ2n) is 11.0. The number of carbonyl (C=O) groups is 2. The van der Waals surface area contributed by atoms with Crippen molar-refractivity contribution in [2.45, 2.75) is 63.1 Å². The molecule has 0 unspecified atom stereocenters. The maximum absolute atomic E-state index is 13.5. The average Bonchev–Trinajstić information content (AvgIpc) is 3.21. The van der Waals surface area contributed by atoms with Crippen LogP contribution in [-0.4, -0.2) is 48.4 Å². The second-order valence-corrected chi connectivity index (χ2v) is 12.7. The first-order chi connectivity index (χ1) is 20.5. The number of aromatic hydroxyl groups is 1. The Morgan fingerprint density at radius 3 is 2.35 bits per heavy atom. The molecule has 1 amide bonds. The molecule has 1 aromatic heterocycles. The van der Waals surface area contributed by atoms with Gasteiger partial charge in [-0.3, -0.25) is 13.5 Å². The summed E-state index contributed by atoms with van der Waals surface area (Å²) in [6.45, 7) is 3.10. The van der Waals surface area contributed by atoms with Gasteiger partial charge in [0.25, 0.3) is 15.7 Å². The Morgan fingerprint density at radius 1 is 1.02 bits per heavy atom. The Kier molecular flexibility index (Phi) is 8.30. The zero-order chi connectivity index (χ0) is 30.8. The predicted molar refractivity (Wildman–Crippen MR) is 153 cm³/mol. The smallest absolute Gasteiger partial charge is 0.408 e. The van der Waals surface area contributed by atoms with Crippen LogP contribution in [0.5, 0.6) is 5.75 Å². The molecule has 3 aromatic rings. The Morgan fingerprint density at radius 2 is 1.70 bits per heavy atom. The van der Waals surface area contributed by atoms with Gasteiger partial charge in [-0.05, 0) is 57.2 Å². The molecule has 0 atom stereocenters. The van der Waals surface area contributed by atoms with Crippen LogP contribution in [0.4, 0.5) is 4.79 Å². The number of fused-ring (bicyclic) bond motifs is 2. The summed E-state index contributed by atoms with van der Waals surface area (Å²) in [5.41, 5.74) is -1.91. The summed E-state index contributed by atoms with van der Waals surface area (Å²) in [4.78, 5) is 43.6. The minimum Gasteiger partial charge on any atom is -0.501 e. The summed E-state index contributed by atoms with van der Waals surface area (Å²) in [6, 6.07) is 15.4. The van der Waals surface area contributed by atoms with Gasteiger partial charge in [0.1, 0.15) is 18.0 Å². The first kappa shape index (κ1) is 30.2. The number of nitrogens with zero attached hydrogens (tertiary/aromatic N) is 2. The highest BCUT2D eigenvalue weighted by atomic mass is 32.2. The SMILES string of the molecule is CCOC(=O)c1nc2n(c(=O)c1O)CC1(COS(=O)(=O)c3ccc(C)cc3)CCC2(NC(=O)OCc2ccccc2)CC1. The highest BCUT2D eigenvalue weighted by Crippen LogP contribution is 2.50. The van der Waals surface area contributed by atoms with Crippen molar-refractivity contribution >= 4 is 22.2 Å². The van der Waals surface area contributed by atoms with Crippen LogP contribution < -0.4 is 10.9 Å². The summed E-state index contributed by atoms with van der Waals surface area (Å²) < 4.78 is 43.2. The van der Waals surface area contributed by atoms with Gasteiger partial charge in [-0.15, -0.1) is 0 Å². The molecule has 6 rings (SSSR count). The number of hydrogen-bond donors (Lipinski definition) is 2. The molecule has 2 aromatic carbocycles. The second kappa shape index (κ2) is 11.8. The van der Waals surface area contributed by atoms with Crippen LogP contribution in [0.25, 0.3) is 0 Å². The van der Waals surface area contributed by atoms with E-state index in [1.54, 1.807) is 19.1 Å². The number of aryl methyl sites for hydroxylation is 1. The minimum absolute atomic E-state index is 0.00128. The molecule has 13 heteroatoms. The van der Waals surface area contributed by atoms with Crippen molar-refractivity contribution in [3.63, 3.8) is 0 Å². The number of nitrogens with one attached hydrogen (secondary N) is 1. The van der Waals surface area contributed by atoms with Crippen molar-refractivity contribution in [2.75, 3.05) is 13.2 Å². The van der Waals surface area contributed by atoms with Gasteiger partial charge in [0.05, 0.1) is 18.1 Å². The van der Waals surface area contributed by atoms with Crippen LogP contribution in [0.1, 0.15) is 60.0 Å². The molecule has 1 fully saturated rings. The molecule has 12 nitrogen and oxygen atoms in total. The predicted octanol–water partition coefficient (Wildman–Crippen LogP) is 3.54. The van der Waals surface area contributed by atoms with E-state index in [0.717, 1.165) is 11.1 Å². The van der Waals surface area contributed by atoms with Crippen LogP contribution in [-0.2, 0) is 42.5 Å². The number of carbonyl (C=O) groups excluding carboxylic acids is 2. The fraction of sp³-hybridized carbons (Fsp3) is 0.400. The van der Waals surface area contributed by atoms with Crippen molar-refractivity contribution in [1.29, 1.82) is 0 Å². The number of amides is 1. The number of esters is 1. The van der Waals surface area contributed by atoms with Gasteiger partial charge in [0.15, 0.2) is 5.69 Å². The third-order valence-corrected chi connectivity index (χ3v) is 9.36. The molecule has 228 valence electrons. The number of benzene rings is 2. The molecular formula is C30H33N3O9S. The standard InChI is InChI=1S/C30H33N3O9S/c1-3-40-26(36)23-24(34)25(35)33-18-29(19-42-43(38,39)22-11-9-20(2)10-12-22)13-15-30(16-14-29,27(33)31-23)32-28(37)41-17-21-7-5-4-6-8-21/h4-12,34H,3,13-19H2,1-2H3,(H,32,37). The monoisotopic (exact) mass is 611 g/mol. The Labute approximate surface area is 248 Å². The van der Waals surface area contributed by atoms with Gasteiger partial charge >= 0.3 is 12.1 Å². The van der Waals surface area contributed by atoms with Gasteiger partial charge in [-0.2, -0.15) is 8.42 Å². The maximum Gasteiger partial charge on any atom is 0.408 e. The van der Waals surface area contributed by atoms with E-state index in [9.17, 15) is 27.9 Å². The van der Waals surface area contributed by atoms with E-state index in [-0.39, 0.29) is 49.9 Å². The number of aromatic nitrogens is 2. The van der Waals surface area contributed by atoms with Gasteiger partial charge in [-0.25, -0.2) is 14.6 Å². The van der Waals surface area contributed by atoms with Crippen LogP contribution in [0.3, 0.4) is 0 Å². The summed E-state index contributed by atoms with van der Waals surface area (Å²) in [7, 11) is -4.11. The van der Waals surface area contributed by atoms with Crippen LogP contribution in [0, 0.1) is 12.3 Å². The fourth-order valence-electron chi connectivity index (χ4n) is 5.62. The Hall–Kier alpha value is -4.23. The van der Waals surface area contributed by atoms with E-state index in [0.29, 0.717) is 12.8 Å². The molecule has 43 heavy (non-hydrogen) atoms. The molecular weight excluding hydrogens is 578 g/mol. The van der Waals surface area contributed by atoms with Crippen molar-refractivity contribution in [3.05, 3.63) is 87.6 Å². The molecule has 2 N–H and O–H groups in total. The maximum atomic E-state index is 13.5. The summed E-state index contributed by atoms with van der Waals surface area (Å²) in [5.74, 6) is -1.83. The first-order valence-electron chi connectivity index (χ1n) is 13.9. The lowest BCUT2D eigenvalue weighted by molar-refractivity contribution is 0.0513. The zero-order valence-electron chi connectivity index (χ0n) is 23.9. The molecule has 1 aliphatic carbocycles. The lowest BCUT2D eigenvalue weighted by Gasteiger charge is -2.41. The van der Waals surface area contributed by atoms with Gasteiger partial charge in [0.2, 0.25) is 5.75 Å². The van der Waals surface area contributed by atoms with E-state index in [1.165, 1.54) is 16.7 Å². The topological polar surface area (TPSA) is 163 Å². The molecule has 3 aliphatic rings. The lowest BCUT2D eigenvalue weighted by Crippen LogP contribution is -2.50. The van der Waals surface area contributed by atoms with Gasteiger partial charge in [0, 0.05) is 12.0 Å². The number of rotatable bonds is 9. The fourth-order valence-corrected chi connectivity index (χ4v) is 6.63. The summed E-state index contributed by atoms with van der Waals surface area (Å²) >= 11 is 0. The molecule has 0 spiro atoms. The Balaban J connectivity index is 1.48. The minimum atomic E-state index is -4.11. The molecule has 0 saturated heterocycles. The quantitative estimate of drug-likeness (QED) is 0.270. The van der Waals surface area contributed by atoms with Crippen molar-refractivity contribution < 1.29 is 36.8 Å². The highest BCUT2D eigenvalue weighted by molar-refractivity contribution is 7.86. The summed E-state index contributed by atoms with van der Waals surface area (Å²) in [6.07, 6.45) is 0.395. The van der Waals surface area contributed by atoms with Crippen molar-refractivity contribution in [1.82, 2.24) is 14.9 Å². The van der Waals surface area contributed by atoms with Crippen LogP contribution in [0.15, 0.2) is 64.3 Å². The van der Waals surface area contributed by atoms with E-state index >= 15 is 0 Å². The number of hydrogen-bond acceptors (Lipinski definition) is 10. The molecule has 1 saturated carbocycles. The third kappa shape index (κ3) is 6.13. The zero-order valence-corrected chi connectivity index (χ0v) is 24.7. The largest absolute Gasteiger partial charge is 0.501 e. The van der Waals surface area contributed by atoms with E-state index < -0.39 is 50.1 Å². The molecule has 2 aliphatic heterocycles. The van der Waals surface area contributed by atoms with Gasteiger partial charge < -0.3 is 19.9 Å². The van der Waals surface area contributed by atoms with Crippen molar-refractivity contribution in [3.8, 4) is 5.75 Å². The molecule has 3 heterocycles. The summed E-state index contributed by atoms with van der Waals surface area (Å²) in [5, 5.41) is 13.6. The van der Waals surface area contributed by atoms with Crippen molar-refractivity contribution in [2.24, 2.45) is 5.41 Å². The van der Waals surface area contributed by atoms with Gasteiger partial charge in [-0.1, -0.05) is 48.0 Å². The number of alkyl carbamates (subject to hydrolysis) is 1. The average molecular weight is 612 g/mol. The number of ether oxygens (including phenoxy) is 2. The normalized spacial score (nSPS) is 21.0. The van der Waals surface area contributed by atoms with Crippen LogP contribution >= 0.6 is 0 Å². The van der Waals surface area contributed by atoms with E-state index in [4.69, 9.17) is 13.7 Å². The van der Waals surface area contributed by atoms with E-state index in [2.05, 4.69) is 10.3 Å². The molecule has 0 radical (unpaired) electrons. The Bertz CT molecular complexity index is 1680. The van der Waals surface area contributed by atoms with E-state index in [1.807, 2.05) is 37.3 Å². The first-order valence-corrected chi connectivity index (χ1v) is 15.3. The lowest BCUT2D eigenvalue weighted by atomic mass is 9.69. The van der Waals surface area contributed by atoms with Crippen LogP contribution in [0.2, 0.25) is 0 Å². The third-order valence-electron chi connectivity index (χ3n) is 8.08. The highest BCUT2D eigenvalue weighted by Gasteiger charge is 2.52.